The highest BCUT2D eigenvalue weighted by atomic mass is 16.6. The van der Waals surface area contributed by atoms with Crippen LogP contribution in [-0.4, -0.2) is 66.7 Å². The van der Waals surface area contributed by atoms with E-state index < -0.39 is 12.0 Å². The second kappa shape index (κ2) is 9.72. The lowest BCUT2D eigenvalue weighted by atomic mass is 9.81. The Labute approximate surface area is 167 Å². The number of carbonyl (C=O) groups is 3. The van der Waals surface area contributed by atoms with Crippen molar-refractivity contribution in [2.24, 2.45) is 17.8 Å². The van der Waals surface area contributed by atoms with E-state index in [2.05, 4.69) is 0 Å². The summed E-state index contributed by atoms with van der Waals surface area (Å²) in [6, 6.07) is -0.243. The van der Waals surface area contributed by atoms with Gasteiger partial charge in [0, 0.05) is 25.4 Å². The molecule has 3 aliphatic rings. The van der Waals surface area contributed by atoms with E-state index in [9.17, 15) is 14.4 Å². The Morgan fingerprint density at radius 1 is 1.11 bits per heavy atom. The van der Waals surface area contributed by atoms with Crippen LogP contribution in [0.3, 0.4) is 0 Å². The van der Waals surface area contributed by atoms with Gasteiger partial charge in [0.15, 0.2) is 0 Å². The number of imide groups is 1. The van der Waals surface area contributed by atoms with Crippen LogP contribution in [-0.2, 0) is 19.1 Å². The highest BCUT2D eigenvalue weighted by molar-refractivity contribution is 5.96. The zero-order valence-corrected chi connectivity index (χ0v) is 17.2. The van der Waals surface area contributed by atoms with Gasteiger partial charge in [0.1, 0.15) is 6.61 Å². The number of nitrogens with zero attached hydrogens (tertiary/aromatic N) is 2. The molecule has 0 N–H and O–H groups in total. The van der Waals surface area contributed by atoms with Gasteiger partial charge in [-0.15, -0.1) is 0 Å². The van der Waals surface area contributed by atoms with Crippen molar-refractivity contribution in [2.75, 3.05) is 32.9 Å². The number of cyclic esters (lactones) is 1. The number of hydrogen-bond acceptors (Lipinski definition) is 5. The Hall–Kier alpha value is -1.63. The monoisotopic (exact) mass is 394 g/mol. The summed E-state index contributed by atoms with van der Waals surface area (Å²) in [6.45, 7) is 6.45. The minimum atomic E-state index is -0.559. The molecule has 0 spiro atoms. The van der Waals surface area contributed by atoms with Gasteiger partial charge in [0.2, 0.25) is 11.8 Å². The van der Waals surface area contributed by atoms with Gasteiger partial charge < -0.3 is 14.4 Å². The molecule has 2 atom stereocenters. The molecule has 7 heteroatoms. The first-order chi connectivity index (χ1) is 13.5. The molecule has 0 aromatic rings. The molecule has 158 valence electrons. The van der Waals surface area contributed by atoms with Crippen LogP contribution in [0.15, 0.2) is 0 Å². The molecular weight excluding hydrogens is 360 g/mol. The van der Waals surface area contributed by atoms with Crippen molar-refractivity contribution in [3.05, 3.63) is 0 Å². The summed E-state index contributed by atoms with van der Waals surface area (Å²) in [4.78, 5) is 41.6. The highest BCUT2D eigenvalue weighted by Crippen LogP contribution is 2.33. The molecule has 3 amide bonds. The SMILES string of the molecule is CC(C)C1COC(=O)N1C(=O)C(CC(=O)N1CCOCC1)CC1CCCCC1. The first-order valence-corrected chi connectivity index (χ1v) is 10.8. The summed E-state index contributed by atoms with van der Waals surface area (Å²) in [5.41, 5.74) is 0. The van der Waals surface area contributed by atoms with E-state index in [1.807, 2.05) is 13.8 Å². The van der Waals surface area contributed by atoms with Crippen molar-refractivity contribution < 1.29 is 23.9 Å². The zero-order chi connectivity index (χ0) is 20.1. The molecule has 0 aromatic heterocycles. The van der Waals surface area contributed by atoms with Gasteiger partial charge in [0.05, 0.1) is 19.3 Å². The third-order valence-corrected chi connectivity index (χ3v) is 6.39. The van der Waals surface area contributed by atoms with Crippen LogP contribution in [0.4, 0.5) is 4.79 Å². The molecule has 0 bridgehead atoms. The fraction of sp³-hybridized carbons (Fsp3) is 0.857. The average molecular weight is 395 g/mol. The van der Waals surface area contributed by atoms with E-state index in [0.717, 1.165) is 12.8 Å². The molecular formula is C21H34N2O5. The maximum Gasteiger partial charge on any atom is 0.416 e. The number of rotatable bonds is 6. The van der Waals surface area contributed by atoms with Gasteiger partial charge in [-0.25, -0.2) is 9.69 Å². The fourth-order valence-electron chi connectivity index (χ4n) is 4.63. The van der Waals surface area contributed by atoms with Gasteiger partial charge >= 0.3 is 6.09 Å². The smallest absolute Gasteiger partial charge is 0.416 e. The molecule has 0 aromatic carbocycles. The van der Waals surface area contributed by atoms with Gasteiger partial charge in [0.25, 0.3) is 0 Å². The van der Waals surface area contributed by atoms with Gasteiger partial charge in [-0.2, -0.15) is 0 Å². The minimum Gasteiger partial charge on any atom is -0.447 e. The van der Waals surface area contributed by atoms with Crippen LogP contribution in [0.1, 0.15) is 58.8 Å². The standard InChI is InChI=1S/C21H34N2O5/c1-15(2)18-14-28-21(26)23(18)20(25)17(12-16-6-4-3-5-7-16)13-19(24)22-8-10-27-11-9-22/h15-18H,3-14H2,1-2H3. The lowest BCUT2D eigenvalue weighted by molar-refractivity contribution is -0.143. The van der Waals surface area contributed by atoms with Crippen LogP contribution in [0.25, 0.3) is 0 Å². The summed E-state index contributed by atoms with van der Waals surface area (Å²) in [5, 5.41) is 0. The number of amides is 3. The maximum absolute atomic E-state index is 13.4. The van der Waals surface area contributed by atoms with Crippen molar-refractivity contribution in [2.45, 2.75) is 64.8 Å². The molecule has 1 saturated carbocycles. The van der Waals surface area contributed by atoms with Crippen LogP contribution in [0.2, 0.25) is 0 Å². The van der Waals surface area contributed by atoms with Crippen LogP contribution < -0.4 is 0 Å². The van der Waals surface area contributed by atoms with E-state index in [-0.39, 0.29) is 36.8 Å². The topological polar surface area (TPSA) is 76.2 Å². The van der Waals surface area contributed by atoms with Crippen LogP contribution in [0, 0.1) is 17.8 Å². The summed E-state index contributed by atoms with van der Waals surface area (Å²) >= 11 is 0. The van der Waals surface area contributed by atoms with Crippen molar-refractivity contribution in [1.82, 2.24) is 9.80 Å². The summed E-state index contributed by atoms with van der Waals surface area (Å²) in [6.07, 6.45) is 6.12. The molecule has 3 fully saturated rings. The van der Waals surface area contributed by atoms with E-state index >= 15 is 0 Å². The molecule has 7 nitrogen and oxygen atoms in total. The summed E-state index contributed by atoms with van der Waals surface area (Å²) < 4.78 is 10.5. The van der Waals surface area contributed by atoms with E-state index in [0.29, 0.717) is 38.6 Å². The Morgan fingerprint density at radius 3 is 2.43 bits per heavy atom. The van der Waals surface area contributed by atoms with Crippen molar-refractivity contribution in [1.29, 1.82) is 0 Å². The Morgan fingerprint density at radius 2 is 1.79 bits per heavy atom. The largest absolute Gasteiger partial charge is 0.447 e. The first kappa shape index (κ1) is 21.1. The second-order valence-corrected chi connectivity index (χ2v) is 8.73. The van der Waals surface area contributed by atoms with E-state index in [4.69, 9.17) is 9.47 Å². The lowest BCUT2D eigenvalue weighted by Crippen LogP contribution is -2.47. The maximum atomic E-state index is 13.4. The molecule has 0 radical (unpaired) electrons. The molecule has 2 unspecified atom stereocenters. The lowest BCUT2D eigenvalue weighted by Gasteiger charge is -2.32. The molecule has 28 heavy (non-hydrogen) atoms. The molecule has 1 aliphatic carbocycles. The van der Waals surface area contributed by atoms with Gasteiger partial charge in [-0.1, -0.05) is 46.0 Å². The van der Waals surface area contributed by atoms with Crippen molar-refractivity contribution in [3.8, 4) is 0 Å². The normalized spacial score (nSPS) is 25.1. The molecule has 2 aliphatic heterocycles. The van der Waals surface area contributed by atoms with E-state index in [1.54, 1.807) is 4.90 Å². The third kappa shape index (κ3) is 5.04. The number of carbonyl (C=O) groups excluding carboxylic acids is 3. The van der Waals surface area contributed by atoms with E-state index in [1.165, 1.54) is 24.2 Å². The molecule has 2 heterocycles. The van der Waals surface area contributed by atoms with Gasteiger partial charge in [-0.3, -0.25) is 9.59 Å². The third-order valence-electron chi connectivity index (χ3n) is 6.39. The van der Waals surface area contributed by atoms with Crippen molar-refractivity contribution >= 4 is 17.9 Å². The average Bonchev–Trinajstić information content (AvgIpc) is 3.10. The zero-order valence-electron chi connectivity index (χ0n) is 17.2. The van der Waals surface area contributed by atoms with Crippen LogP contribution in [0.5, 0.6) is 0 Å². The number of morpholine rings is 1. The fourth-order valence-corrected chi connectivity index (χ4v) is 4.63. The molecule has 2 saturated heterocycles. The minimum absolute atomic E-state index is 0.00822. The Kier molecular flexibility index (Phi) is 7.32. The summed E-state index contributed by atoms with van der Waals surface area (Å²) in [5.74, 6) is -0.109. The highest BCUT2D eigenvalue weighted by Gasteiger charge is 2.43. The Bertz CT molecular complexity index is 567. The van der Waals surface area contributed by atoms with Crippen LogP contribution >= 0.6 is 0 Å². The predicted octanol–water partition coefficient (Wildman–Crippen LogP) is 2.83. The predicted molar refractivity (Wildman–Crippen MR) is 104 cm³/mol. The molecule has 3 rings (SSSR count). The summed E-state index contributed by atoms with van der Waals surface area (Å²) in [7, 11) is 0. The quantitative estimate of drug-likeness (QED) is 0.692. The van der Waals surface area contributed by atoms with Gasteiger partial charge in [-0.05, 0) is 18.3 Å². The second-order valence-electron chi connectivity index (χ2n) is 8.73. The number of ether oxygens (including phenoxy) is 2. The first-order valence-electron chi connectivity index (χ1n) is 10.8. The van der Waals surface area contributed by atoms with Crippen molar-refractivity contribution in [3.63, 3.8) is 0 Å². The number of hydrogen-bond donors (Lipinski definition) is 0. The Balaban J connectivity index is 1.73.